The molecule has 29 heavy (non-hydrogen) atoms. The second-order valence-corrected chi connectivity index (χ2v) is 6.94. The first-order chi connectivity index (χ1) is 13.9. The van der Waals surface area contributed by atoms with E-state index in [0.29, 0.717) is 36.8 Å². The van der Waals surface area contributed by atoms with Gasteiger partial charge in [0.15, 0.2) is 11.6 Å². The number of piperazine rings is 1. The van der Waals surface area contributed by atoms with Gasteiger partial charge in [-0.3, -0.25) is 4.90 Å². The number of methoxy groups -OCH3 is 1. The zero-order valence-electron chi connectivity index (χ0n) is 15.7. The van der Waals surface area contributed by atoms with Crippen LogP contribution in [0.4, 0.5) is 19.3 Å². The van der Waals surface area contributed by atoms with Gasteiger partial charge in [0.1, 0.15) is 6.04 Å². The molecule has 2 aromatic carbocycles. The highest BCUT2D eigenvalue weighted by atomic mass is 35.5. The Bertz CT molecular complexity index is 904. The standard InChI is InChI=1S/C20H20ClF2N3O3/c1-29-19(27)18(14-4-2-3-5-15(14)21)25-8-10-26(11-9-25)20(28)24-13-6-7-16(22)17(23)12-13/h2-7,12,18H,8-11H2,1H3,(H,24,28)/t18-/m1/s1. The number of amides is 2. The highest BCUT2D eigenvalue weighted by Crippen LogP contribution is 2.29. The molecule has 1 saturated heterocycles. The number of carbonyl (C=O) groups is 2. The van der Waals surface area contributed by atoms with E-state index in [2.05, 4.69) is 5.32 Å². The summed E-state index contributed by atoms with van der Waals surface area (Å²) in [6.07, 6.45) is 0. The quantitative estimate of drug-likeness (QED) is 0.762. The van der Waals surface area contributed by atoms with Crippen molar-refractivity contribution in [3.63, 3.8) is 0 Å². The Balaban J connectivity index is 1.66. The number of anilines is 1. The first-order valence-corrected chi connectivity index (χ1v) is 9.35. The number of esters is 1. The first-order valence-electron chi connectivity index (χ1n) is 8.98. The van der Waals surface area contributed by atoms with Crippen LogP contribution in [0.25, 0.3) is 0 Å². The molecule has 0 bridgehead atoms. The minimum Gasteiger partial charge on any atom is -0.468 e. The Hall–Kier alpha value is -2.71. The number of rotatable bonds is 4. The number of nitrogens with one attached hydrogen (secondary N) is 1. The van der Waals surface area contributed by atoms with Crippen LogP contribution in [0, 0.1) is 11.6 Å². The lowest BCUT2D eigenvalue weighted by atomic mass is 10.0. The van der Waals surface area contributed by atoms with Crippen molar-refractivity contribution < 1.29 is 23.1 Å². The summed E-state index contributed by atoms with van der Waals surface area (Å²) < 4.78 is 31.3. The molecule has 0 unspecified atom stereocenters. The number of hydrogen-bond donors (Lipinski definition) is 1. The zero-order valence-corrected chi connectivity index (χ0v) is 16.5. The second-order valence-electron chi connectivity index (χ2n) is 6.53. The normalized spacial score (nSPS) is 15.7. The molecule has 1 atom stereocenters. The van der Waals surface area contributed by atoms with Gasteiger partial charge in [-0.2, -0.15) is 0 Å². The number of halogens is 3. The summed E-state index contributed by atoms with van der Waals surface area (Å²) in [4.78, 5) is 28.3. The van der Waals surface area contributed by atoms with Crippen LogP contribution < -0.4 is 5.32 Å². The minimum atomic E-state index is -1.03. The summed E-state index contributed by atoms with van der Waals surface area (Å²) in [5.41, 5.74) is 0.806. The van der Waals surface area contributed by atoms with Crippen molar-refractivity contribution in [2.45, 2.75) is 6.04 Å². The van der Waals surface area contributed by atoms with Crippen LogP contribution >= 0.6 is 11.6 Å². The largest absolute Gasteiger partial charge is 0.468 e. The van der Waals surface area contributed by atoms with Gasteiger partial charge in [-0.25, -0.2) is 18.4 Å². The van der Waals surface area contributed by atoms with E-state index in [1.54, 1.807) is 29.2 Å². The summed E-state index contributed by atoms with van der Waals surface area (Å²) in [5.74, 6) is -2.45. The maximum absolute atomic E-state index is 13.3. The topological polar surface area (TPSA) is 61.9 Å². The number of urea groups is 1. The molecule has 2 aromatic rings. The average Bonchev–Trinajstić information content (AvgIpc) is 2.72. The molecular weight excluding hydrogens is 404 g/mol. The van der Waals surface area contributed by atoms with Gasteiger partial charge in [0.25, 0.3) is 0 Å². The molecule has 1 aliphatic heterocycles. The van der Waals surface area contributed by atoms with E-state index in [1.165, 1.54) is 13.2 Å². The lowest BCUT2D eigenvalue weighted by Gasteiger charge is -2.38. The number of ether oxygens (including phenoxy) is 1. The third-order valence-corrected chi connectivity index (χ3v) is 5.11. The van der Waals surface area contributed by atoms with E-state index < -0.39 is 29.7 Å². The molecule has 1 heterocycles. The molecule has 0 saturated carbocycles. The molecular formula is C20H20ClF2N3O3. The van der Waals surface area contributed by atoms with Gasteiger partial charge in [0, 0.05) is 43.0 Å². The molecule has 6 nitrogen and oxygen atoms in total. The van der Waals surface area contributed by atoms with E-state index in [9.17, 15) is 18.4 Å². The Kier molecular flexibility index (Phi) is 6.66. The molecule has 2 amide bonds. The Morgan fingerprint density at radius 1 is 1.07 bits per heavy atom. The molecule has 9 heteroatoms. The van der Waals surface area contributed by atoms with Crippen molar-refractivity contribution in [1.29, 1.82) is 0 Å². The highest BCUT2D eigenvalue weighted by Gasteiger charge is 2.33. The summed E-state index contributed by atoms with van der Waals surface area (Å²) >= 11 is 6.27. The number of carbonyl (C=O) groups excluding carboxylic acids is 2. The van der Waals surface area contributed by atoms with Gasteiger partial charge in [0.05, 0.1) is 7.11 Å². The molecule has 0 aromatic heterocycles. The predicted molar refractivity (Wildman–Crippen MR) is 105 cm³/mol. The maximum Gasteiger partial charge on any atom is 0.327 e. The lowest BCUT2D eigenvalue weighted by molar-refractivity contribution is -0.148. The summed E-state index contributed by atoms with van der Waals surface area (Å²) in [6, 6.07) is 9.11. The van der Waals surface area contributed by atoms with Crippen molar-refractivity contribution in [2.75, 3.05) is 38.6 Å². The summed E-state index contributed by atoms with van der Waals surface area (Å²) in [6.45, 7) is 1.51. The monoisotopic (exact) mass is 423 g/mol. The summed E-state index contributed by atoms with van der Waals surface area (Å²) in [7, 11) is 1.32. The van der Waals surface area contributed by atoms with Crippen molar-refractivity contribution in [2.24, 2.45) is 0 Å². The molecule has 0 radical (unpaired) electrons. The van der Waals surface area contributed by atoms with Gasteiger partial charge in [0.2, 0.25) is 0 Å². The molecule has 3 rings (SSSR count). The Morgan fingerprint density at radius 2 is 1.76 bits per heavy atom. The Morgan fingerprint density at radius 3 is 2.38 bits per heavy atom. The fourth-order valence-corrected chi connectivity index (χ4v) is 3.48. The van der Waals surface area contributed by atoms with Crippen LogP contribution in [0.3, 0.4) is 0 Å². The molecule has 154 valence electrons. The first kappa shape index (κ1) is 21.0. The van der Waals surface area contributed by atoms with E-state index in [-0.39, 0.29) is 5.69 Å². The van der Waals surface area contributed by atoms with Crippen LogP contribution in [0.5, 0.6) is 0 Å². The third-order valence-electron chi connectivity index (χ3n) is 4.76. The minimum absolute atomic E-state index is 0.167. The predicted octanol–water partition coefficient (Wildman–Crippen LogP) is 3.68. The SMILES string of the molecule is COC(=O)[C@@H](c1ccccc1Cl)N1CCN(C(=O)Nc2ccc(F)c(F)c2)CC1. The molecule has 0 aliphatic carbocycles. The average molecular weight is 424 g/mol. The third kappa shape index (κ3) is 4.83. The van der Waals surface area contributed by atoms with E-state index in [4.69, 9.17) is 16.3 Å². The second kappa shape index (κ2) is 9.19. The van der Waals surface area contributed by atoms with Gasteiger partial charge in [-0.15, -0.1) is 0 Å². The molecule has 0 spiro atoms. The van der Waals surface area contributed by atoms with E-state index in [1.807, 2.05) is 4.90 Å². The van der Waals surface area contributed by atoms with E-state index >= 15 is 0 Å². The van der Waals surface area contributed by atoms with Gasteiger partial charge >= 0.3 is 12.0 Å². The Labute approximate surface area is 172 Å². The number of benzene rings is 2. The van der Waals surface area contributed by atoms with Crippen molar-refractivity contribution in [3.8, 4) is 0 Å². The fourth-order valence-electron chi connectivity index (χ4n) is 3.24. The highest BCUT2D eigenvalue weighted by molar-refractivity contribution is 6.31. The van der Waals surface area contributed by atoms with Gasteiger partial charge in [-0.1, -0.05) is 29.8 Å². The van der Waals surface area contributed by atoms with Crippen molar-refractivity contribution in [3.05, 3.63) is 64.7 Å². The smallest absolute Gasteiger partial charge is 0.327 e. The number of nitrogens with zero attached hydrogens (tertiary/aromatic N) is 2. The van der Waals surface area contributed by atoms with Crippen LogP contribution in [0.15, 0.2) is 42.5 Å². The maximum atomic E-state index is 13.3. The lowest BCUT2D eigenvalue weighted by Crippen LogP contribution is -2.52. The zero-order chi connectivity index (χ0) is 21.0. The van der Waals surface area contributed by atoms with Gasteiger partial charge in [-0.05, 0) is 23.8 Å². The van der Waals surface area contributed by atoms with Crippen LogP contribution in [0.1, 0.15) is 11.6 Å². The summed E-state index contributed by atoms with van der Waals surface area (Å²) in [5, 5.41) is 3.01. The van der Waals surface area contributed by atoms with Crippen molar-refractivity contribution >= 4 is 29.3 Å². The van der Waals surface area contributed by atoms with Crippen LogP contribution in [0.2, 0.25) is 5.02 Å². The molecule has 1 aliphatic rings. The van der Waals surface area contributed by atoms with E-state index in [0.717, 1.165) is 12.1 Å². The van der Waals surface area contributed by atoms with Gasteiger partial charge < -0.3 is 15.0 Å². The molecule has 1 N–H and O–H groups in total. The fraction of sp³-hybridized carbons (Fsp3) is 0.300. The van der Waals surface area contributed by atoms with Crippen molar-refractivity contribution in [1.82, 2.24) is 9.80 Å². The van der Waals surface area contributed by atoms with Crippen LogP contribution in [-0.4, -0.2) is 55.1 Å². The molecule has 1 fully saturated rings. The van der Waals surface area contributed by atoms with Crippen LogP contribution in [-0.2, 0) is 9.53 Å². The number of hydrogen-bond acceptors (Lipinski definition) is 4.